The minimum absolute atomic E-state index is 0.384. The van der Waals surface area contributed by atoms with E-state index in [0.717, 1.165) is 10.8 Å². The van der Waals surface area contributed by atoms with Crippen LogP contribution in [0.15, 0.2) is 42.5 Å². The predicted octanol–water partition coefficient (Wildman–Crippen LogP) is 3.16. The summed E-state index contributed by atoms with van der Waals surface area (Å²) in [4.78, 5) is 11.3. The monoisotopic (exact) mass is 258 g/mol. The number of aliphatic carboxylic acids is 1. The van der Waals surface area contributed by atoms with Gasteiger partial charge in [0.25, 0.3) is 0 Å². The Morgan fingerprint density at radius 3 is 2.42 bits per heavy atom. The molecule has 0 saturated carbocycles. The Labute approximate surface area is 112 Å². The first-order chi connectivity index (χ1) is 8.96. The van der Waals surface area contributed by atoms with Gasteiger partial charge in [0.1, 0.15) is 5.60 Å². The zero-order valence-electron chi connectivity index (χ0n) is 11.1. The van der Waals surface area contributed by atoms with Gasteiger partial charge in [0.05, 0.1) is 5.92 Å². The largest absolute Gasteiger partial charge is 0.481 e. The van der Waals surface area contributed by atoms with Crippen LogP contribution in [0.25, 0.3) is 10.8 Å². The van der Waals surface area contributed by atoms with E-state index in [9.17, 15) is 15.0 Å². The van der Waals surface area contributed by atoms with E-state index in [4.69, 9.17) is 0 Å². The number of carbonyl (C=O) groups is 1. The fourth-order valence-corrected chi connectivity index (χ4v) is 2.52. The molecule has 0 saturated heterocycles. The molecule has 3 nitrogen and oxygen atoms in total. The lowest BCUT2D eigenvalue weighted by Gasteiger charge is -2.30. The summed E-state index contributed by atoms with van der Waals surface area (Å²) in [5, 5.41) is 21.9. The molecular weight excluding hydrogens is 240 g/mol. The minimum atomic E-state index is -1.37. The third-order valence-corrected chi connectivity index (χ3v) is 3.72. The smallest absolute Gasteiger partial charge is 0.309 e. The molecule has 0 aliphatic heterocycles. The van der Waals surface area contributed by atoms with Crippen LogP contribution in [0.2, 0.25) is 0 Å². The molecule has 2 N–H and O–H groups in total. The van der Waals surface area contributed by atoms with Gasteiger partial charge in [-0.2, -0.15) is 0 Å². The summed E-state index contributed by atoms with van der Waals surface area (Å²) in [6.07, 6.45) is 0.384. The van der Waals surface area contributed by atoms with E-state index in [2.05, 4.69) is 0 Å². The number of rotatable bonds is 4. The second-order valence-corrected chi connectivity index (χ2v) is 5.01. The fourth-order valence-electron chi connectivity index (χ4n) is 2.52. The van der Waals surface area contributed by atoms with Crippen molar-refractivity contribution in [3.63, 3.8) is 0 Å². The Balaban J connectivity index is 2.50. The molecule has 0 aromatic heterocycles. The second kappa shape index (κ2) is 5.02. The first-order valence-corrected chi connectivity index (χ1v) is 6.41. The SMILES string of the molecule is CCC(C(=O)O)C(C)(O)c1ccc2ccccc2c1. The number of hydrogen-bond acceptors (Lipinski definition) is 2. The van der Waals surface area contributed by atoms with Crippen molar-refractivity contribution in [2.24, 2.45) is 5.92 Å². The highest BCUT2D eigenvalue weighted by molar-refractivity contribution is 5.83. The molecule has 2 unspecified atom stereocenters. The van der Waals surface area contributed by atoms with Crippen LogP contribution >= 0.6 is 0 Å². The summed E-state index contributed by atoms with van der Waals surface area (Å²) < 4.78 is 0. The number of carboxylic acid groups (broad SMARTS) is 1. The Bertz CT molecular complexity index is 602. The van der Waals surface area contributed by atoms with Crippen molar-refractivity contribution in [1.82, 2.24) is 0 Å². The molecule has 19 heavy (non-hydrogen) atoms. The zero-order chi connectivity index (χ0) is 14.0. The third kappa shape index (κ3) is 2.47. The molecule has 0 fully saturated rings. The van der Waals surface area contributed by atoms with Crippen LogP contribution in [0.5, 0.6) is 0 Å². The molecular formula is C16H18O3. The van der Waals surface area contributed by atoms with Crippen molar-refractivity contribution in [2.75, 3.05) is 0 Å². The number of aliphatic hydroxyl groups is 1. The van der Waals surface area contributed by atoms with Gasteiger partial charge in [0.2, 0.25) is 0 Å². The van der Waals surface area contributed by atoms with Crippen molar-refractivity contribution in [3.05, 3.63) is 48.0 Å². The molecule has 0 amide bonds. The van der Waals surface area contributed by atoms with Gasteiger partial charge in [-0.3, -0.25) is 4.79 Å². The van der Waals surface area contributed by atoms with E-state index >= 15 is 0 Å². The maximum absolute atomic E-state index is 11.3. The fraction of sp³-hybridized carbons (Fsp3) is 0.312. The standard InChI is InChI=1S/C16H18O3/c1-3-14(15(17)18)16(2,19)13-9-8-11-6-4-5-7-12(11)10-13/h4-10,14,19H,3H2,1-2H3,(H,17,18). The van der Waals surface area contributed by atoms with E-state index in [1.807, 2.05) is 36.4 Å². The molecule has 100 valence electrons. The predicted molar refractivity (Wildman–Crippen MR) is 74.9 cm³/mol. The molecule has 0 radical (unpaired) electrons. The normalized spacial score (nSPS) is 15.9. The average Bonchev–Trinajstić information content (AvgIpc) is 2.38. The third-order valence-electron chi connectivity index (χ3n) is 3.72. The molecule has 2 rings (SSSR count). The Kier molecular flexibility index (Phi) is 3.58. The molecule has 0 aliphatic carbocycles. The highest BCUT2D eigenvalue weighted by Gasteiger charge is 2.37. The van der Waals surface area contributed by atoms with Crippen LogP contribution in [0, 0.1) is 5.92 Å². The molecule has 0 aliphatic rings. The molecule has 3 heteroatoms. The van der Waals surface area contributed by atoms with E-state index in [1.165, 1.54) is 0 Å². The van der Waals surface area contributed by atoms with Crippen LogP contribution in [-0.4, -0.2) is 16.2 Å². The Morgan fingerprint density at radius 1 is 1.21 bits per heavy atom. The highest BCUT2D eigenvalue weighted by Crippen LogP contribution is 2.33. The number of fused-ring (bicyclic) bond motifs is 1. The number of carboxylic acids is 1. The van der Waals surface area contributed by atoms with Crippen molar-refractivity contribution >= 4 is 16.7 Å². The van der Waals surface area contributed by atoms with Gasteiger partial charge in [-0.25, -0.2) is 0 Å². The quantitative estimate of drug-likeness (QED) is 0.885. The lowest BCUT2D eigenvalue weighted by atomic mass is 9.80. The summed E-state index contributed by atoms with van der Waals surface area (Å²) in [5.41, 5.74) is -0.731. The molecule has 2 aromatic carbocycles. The molecule has 0 spiro atoms. The van der Waals surface area contributed by atoms with E-state index in [1.54, 1.807) is 19.9 Å². The van der Waals surface area contributed by atoms with Crippen LogP contribution in [0.3, 0.4) is 0 Å². The van der Waals surface area contributed by atoms with Crippen LogP contribution in [0.4, 0.5) is 0 Å². The lowest BCUT2D eigenvalue weighted by molar-refractivity contribution is -0.152. The van der Waals surface area contributed by atoms with Crippen LogP contribution in [0.1, 0.15) is 25.8 Å². The highest BCUT2D eigenvalue weighted by atomic mass is 16.4. The van der Waals surface area contributed by atoms with E-state index in [-0.39, 0.29) is 0 Å². The first-order valence-electron chi connectivity index (χ1n) is 6.41. The molecule has 2 aromatic rings. The maximum Gasteiger partial charge on any atom is 0.309 e. The van der Waals surface area contributed by atoms with Crippen molar-refractivity contribution in [1.29, 1.82) is 0 Å². The average molecular weight is 258 g/mol. The topological polar surface area (TPSA) is 57.5 Å². The van der Waals surface area contributed by atoms with E-state index in [0.29, 0.717) is 12.0 Å². The maximum atomic E-state index is 11.3. The molecule has 2 atom stereocenters. The summed E-state index contributed by atoms with van der Waals surface area (Å²) in [6, 6.07) is 13.4. The van der Waals surface area contributed by atoms with Gasteiger partial charge in [0.15, 0.2) is 0 Å². The first kappa shape index (κ1) is 13.6. The molecule has 0 bridgehead atoms. The zero-order valence-corrected chi connectivity index (χ0v) is 11.1. The van der Waals surface area contributed by atoms with Crippen molar-refractivity contribution < 1.29 is 15.0 Å². The number of hydrogen-bond donors (Lipinski definition) is 2. The van der Waals surface area contributed by atoms with Gasteiger partial charge in [-0.15, -0.1) is 0 Å². The van der Waals surface area contributed by atoms with Gasteiger partial charge in [0, 0.05) is 0 Å². The minimum Gasteiger partial charge on any atom is -0.481 e. The van der Waals surface area contributed by atoms with Crippen LogP contribution in [-0.2, 0) is 10.4 Å². The van der Waals surface area contributed by atoms with Gasteiger partial charge in [-0.1, -0.05) is 43.3 Å². The lowest BCUT2D eigenvalue weighted by Crippen LogP contribution is -2.36. The number of benzene rings is 2. The summed E-state index contributed by atoms with van der Waals surface area (Å²) in [7, 11) is 0. The van der Waals surface area contributed by atoms with Crippen molar-refractivity contribution in [2.45, 2.75) is 25.9 Å². The summed E-state index contributed by atoms with van der Waals surface area (Å²) in [5.74, 6) is -1.78. The Morgan fingerprint density at radius 2 is 1.84 bits per heavy atom. The van der Waals surface area contributed by atoms with E-state index < -0.39 is 17.5 Å². The molecule has 0 heterocycles. The van der Waals surface area contributed by atoms with Crippen molar-refractivity contribution in [3.8, 4) is 0 Å². The summed E-state index contributed by atoms with van der Waals surface area (Å²) in [6.45, 7) is 3.34. The van der Waals surface area contributed by atoms with Gasteiger partial charge in [-0.05, 0) is 35.7 Å². The van der Waals surface area contributed by atoms with Crippen LogP contribution < -0.4 is 0 Å². The Hall–Kier alpha value is -1.87. The summed E-state index contributed by atoms with van der Waals surface area (Å²) >= 11 is 0. The van der Waals surface area contributed by atoms with Gasteiger partial charge >= 0.3 is 5.97 Å². The second-order valence-electron chi connectivity index (χ2n) is 5.01. The van der Waals surface area contributed by atoms with Gasteiger partial charge < -0.3 is 10.2 Å².